The summed E-state index contributed by atoms with van der Waals surface area (Å²) >= 11 is 0. The number of ether oxygens (including phenoxy) is 2. The third kappa shape index (κ3) is 6.06. The molecule has 38 heavy (non-hydrogen) atoms. The second kappa shape index (κ2) is 11.5. The van der Waals surface area contributed by atoms with Crippen LogP contribution in [-0.4, -0.2) is 44.2 Å². The van der Waals surface area contributed by atoms with Crippen molar-refractivity contribution in [1.29, 1.82) is 0 Å². The Morgan fingerprint density at radius 3 is 2.05 bits per heavy atom. The van der Waals surface area contributed by atoms with Gasteiger partial charge in [-0.1, -0.05) is 54.1 Å². The van der Waals surface area contributed by atoms with Crippen molar-refractivity contribution in [3.8, 4) is 33.8 Å². The van der Waals surface area contributed by atoms with Gasteiger partial charge in [0, 0.05) is 29.9 Å². The molecule has 0 aromatic heterocycles. The molecule has 1 saturated heterocycles. The highest BCUT2D eigenvalue weighted by atomic mass is 16.5. The number of hydrogen-bond acceptors (Lipinski definition) is 4. The molecule has 1 N–H and O–H groups in total. The summed E-state index contributed by atoms with van der Waals surface area (Å²) in [4.78, 5) is 15.4. The number of amides is 1. The topological polar surface area (TPSA) is 50.8 Å². The molecule has 0 radical (unpaired) electrons. The molecule has 0 aliphatic carbocycles. The molecule has 0 bridgehead atoms. The molecule has 1 amide bonds. The lowest BCUT2D eigenvalue weighted by Gasteiger charge is -2.29. The summed E-state index contributed by atoms with van der Waals surface area (Å²) in [5.74, 6) is 1.48. The molecule has 4 aromatic rings. The SMILES string of the molecule is COc1ccc(C(=O)Nc2ccc(-c3ccc(OC4CCN(C)CC4)cc3)cc2)cc1-c1ccc(C)cc1. The Labute approximate surface area is 225 Å². The molecule has 0 atom stereocenters. The van der Waals surface area contributed by atoms with E-state index >= 15 is 0 Å². The molecule has 1 aliphatic heterocycles. The fourth-order valence-corrected chi connectivity index (χ4v) is 4.78. The fraction of sp³-hybridized carbons (Fsp3) is 0.242. The minimum absolute atomic E-state index is 0.163. The summed E-state index contributed by atoms with van der Waals surface area (Å²) in [6.45, 7) is 4.22. The van der Waals surface area contributed by atoms with Crippen LogP contribution in [0.3, 0.4) is 0 Å². The predicted molar refractivity (Wildman–Crippen MR) is 154 cm³/mol. The molecule has 0 unspecified atom stereocenters. The molecule has 5 rings (SSSR count). The van der Waals surface area contributed by atoms with E-state index in [9.17, 15) is 4.79 Å². The van der Waals surface area contributed by atoms with Crippen molar-refractivity contribution < 1.29 is 14.3 Å². The van der Waals surface area contributed by atoms with Crippen LogP contribution in [0.25, 0.3) is 22.3 Å². The van der Waals surface area contributed by atoms with Gasteiger partial charge in [-0.25, -0.2) is 0 Å². The maximum Gasteiger partial charge on any atom is 0.255 e. The van der Waals surface area contributed by atoms with Gasteiger partial charge in [-0.2, -0.15) is 0 Å². The van der Waals surface area contributed by atoms with Gasteiger partial charge in [0.25, 0.3) is 5.91 Å². The maximum atomic E-state index is 13.1. The molecular weight excluding hydrogens is 472 g/mol. The Kier molecular flexibility index (Phi) is 7.75. The van der Waals surface area contributed by atoms with Crippen molar-refractivity contribution in [1.82, 2.24) is 4.90 Å². The summed E-state index contributed by atoms with van der Waals surface area (Å²) < 4.78 is 11.7. The maximum absolute atomic E-state index is 13.1. The lowest BCUT2D eigenvalue weighted by molar-refractivity contribution is 0.102. The minimum Gasteiger partial charge on any atom is -0.496 e. The first-order chi connectivity index (χ1) is 18.5. The normalized spacial score (nSPS) is 14.2. The number of benzene rings is 4. The zero-order valence-electron chi connectivity index (χ0n) is 22.2. The van der Waals surface area contributed by atoms with Gasteiger partial charge in [0.1, 0.15) is 17.6 Å². The van der Waals surface area contributed by atoms with Gasteiger partial charge >= 0.3 is 0 Å². The molecule has 0 saturated carbocycles. The van der Waals surface area contributed by atoms with Crippen LogP contribution in [-0.2, 0) is 0 Å². The third-order valence-electron chi connectivity index (χ3n) is 7.12. The Hall–Kier alpha value is -4.09. The number of rotatable bonds is 7. The molecule has 1 heterocycles. The number of likely N-dealkylation sites (tertiary alicyclic amines) is 1. The van der Waals surface area contributed by atoms with E-state index in [4.69, 9.17) is 9.47 Å². The van der Waals surface area contributed by atoms with E-state index in [1.165, 1.54) is 5.56 Å². The quantitative estimate of drug-likeness (QED) is 0.291. The number of nitrogens with one attached hydrogen (secondary N) is 1. The highest BCUT2D eigenvalue weighted by Gasteiger charge is 2.18. The van der Waals surface area contributed by atoms with Crippen molar-refractivity contribution in [3.05, 3.63) is 102 Å². The first-order valence-corrected chi connectivity index (χ1v) is 13.1. The van der Waals surface area contributed by atoms with Crippen molar-refractivity contribution in [2.75, 3.05) is 32.6 Å². The zero-order chi connectivity index (χ0) is 26.5. The molecular formula is C33H34N2O3. The average Bonchev–Trinajstić information content (AvgIpc) is 2.95. The van der Waals surface area contributed by atoms with Crippen molar-refractivity contribution >= 4 is 11.6 Å². The predicted octanol–water partition coefficient (Wildman–Crippen LogP) is 7.06. The Bertz CT molecular complexity index is 1370. The van der Waals surface area contributed by atoms with E-state index < -0.39 is 0 Å². The second-order valence-corrected chi connectivity index (χ2v) is 9.96. The molecule has 1 aliphatic rings. The fourth-order valence-electron chi connectivity index (χ4n) is 4.78. The molecule has 5 nitrogen and oxygen atoms in total. The minimum atomic E-state index is -0.163. The van der Waals surface area contributed by atoms with Gasteiger partial charge in [0.15, 0.2) is 0 Å². The summed E-state index contributed by atoms with van der Waals surface area (Å²) in [7, 11) is 3.80. The van der Waals surface area contributed by atoms with Crippen LogP contribution in [0.2, 0.25) is 0 Å². The van der Waals surface area contributed by atoms with Crippen LogP contribution < -0.4 is 14.8 Å². The molecule has 5 heteroatoms. The standard InChI is InChI=1S/C33H34N2O3/c1-23-4-6-26(7-5-23)31-22-27(12-17-32(31)37-3)33(36)34-28-13-8-24(9-14-28)25-10-15-29(16-11-25)38-30-18-20-35(2)21-19-30/h4-17,22,30H,18-21H2,1-3H3,(H,34,36). The largest absolute Gasteiger partial charge is 0.496 e. The van der Waals surface area contributed by atoms with Gasteiger partial charge in [0.05, 0.1) is 7.11 Å². The van der Waals surface area contributed by atoms with E-state index in [-0.39, 0.29) is 5.91 Å². The Morgan fingerprint density at radius 1 is 0.816 bits per heavy atom. The highest BCUT2D eigenvalue weighted by Crippen LogP contribution is 2.32. The smallest absolute Gasteiger partial charge is 0.255 e. The van der Waals surface area contributed by atoms with Crippen LogP contribution in [0.5, 0.6) is 11.5 Å². The number of nitrogens with zero attached hydrogens (tertiary/aromatic N) is 1. The van der Waals surface area contributed by atoms with Gasteiger partial charge in [-0.3, -0.25) is 4.79 Å². The second-order valence-electron chi connectivity index (χ2n) is 9.96. The third-order valence-corrected chi connectivity index (χ3v) is 7.12. The summed E-state index contributed by atoms with van der Waals surface area (Å²) in [6, 6.07) is 29.9. The highest BCUT2D eigenvalue weighted by molar-refractivity contribution is 6.05. The van der Waals surface area contributed by atoms with Crippen LogP contribution in [0, 0.1) is 6.92 Å². The van der Waals surface area contributed by atoms with E-state index in [0.29, 0.717) is 11.7 Å². The number of carbonyl (C=O) groups excluding carboxylic acids is 1. The van der Waals surface area contributed by atoms with E-state index in [1.54, 1.807) is 13.2 Å². The monoisotopic (exact) mass is 506 g/mol. The lowest BCUT2D eigenvalue weighted by atomic mass is 10.0. The van der Waals surface area contributed by atoms with Crippen molar-refractivity contribution in [2.24, 2.45) is 0 Å². The zero-order valence-corrected chi connectivity index (χ0v) is 22.2. The van der Waals surface area contributed by atoms with Crippen molar-refractivity contribution in [2.45, 2.75) is 25.9 Å². The van der Waals surface area contributed by atoms with Gasteiger partial charge in [-0.05, 0) is 86.0 Å². The summed E-state index contributed by atoms with van der Waals surface area (Å²) in [5, 5.41) is 3.02. The first kappa shape index (κ1) is 25.6. The van der Waals surface area contributed by atoms with E-state index in [1.807, 2.05) is 60.7 Å². The molecule has 1 fully saturated rings. The van der Waals surface area contributed by atoms with Crippen LogP contribution >= 0.6 is 0 Å². The van der Waals surface area contributed by atoms with Gasteiger partial charge in [0.2, 0.25) is 0 Å². The number of piperidine rings is 1. The molecule has 4 aromatic carbocycles. The van der Waals surface area contributed by atoms with Crippen molar-refractivity contribution in [3.63, 3.8) is 0 Å². The summed E-state index contributed by atoms with van der Waals surface area (Å²) in [5.41, 5.74) is 6.59. The molecule has 194 valence electrons. The van der Waals surface area contributed by atoms with Gasteiger partial charge < -0.3 is 19.7 Å². The Morgan fingerprint density at radius 2 is 1.42 bits per heavy atom. The van der Waals surface area contributed by atoms with E-state index in [0.717, 1.165) is 65.4 Å². The van der Waals surface area contributed by atoms with Crippen LogP contribution in [0.1, 0.15) is 28.8 Å². The number of carbonyl (C=O) groups is 1. The van der Waals surface area contributed by atoms with Crippen LogP contribution in [0.15, 0.2) is 91.0 Å². The number of methoxy groups -OCH3 is 1. The van der Waals surface area contributed by atoms with Gasteiger partial charge in [-0.15, -0.1) is 0 Å². The number of aryl methyl sites for hydroxylation is 1. The number of hydrogen-bond donors (Lipinski definition) is 1. The molecule has 0 spiro atoms. The average molecular weight is 507 g/mol. The summed E-state index contributed by atoms with van der Waals surface area (Å²) in [6.07, 6.45) is 2.42. The van der Waals surface area contributed by atoms with Crippen LogP contribution in [0.4, 0.5) is 5.69 Å². The lowest BCUT2D eigenvalue weighted by Crippen LogP contribution is -2.35. The Balaban J connectivity index is 1.24. The first-order valence-electron chi connectivity index (χ1n) is 13.1. The van der Waals surface area contributed by atoms with E-state index in [2.05, 4.69) is 48.5 Å². The number of anilines is 1.